The Bertz CT molecular complexity index is 422. The number of halogens is 2. The summed E-state index contributed by atoms with van der Waals surface area (Å²) >= 11 is 0. The molecule has 1 atom stereocenters. The second-order valence-corrected chi connectivity index (χ2v) is 7.10. The van der Waals surface area contributed by atoms with Crippen LogP contribution in [0.15, 0.2) is 0 Å². The van der Waals surface area contributed by atoms with Crippen LogP contribution < -0.4 is 10.6 Å². The van der Waals surface area contributed by atoms with Crippen molar-refractivity contribution in [3.63, 3.8) is 0 Å². The van der Waals surface area contributed by atoms with Gasteiger partial charge in [-0.05, 0) is 38.8 Å². The Morgan fingerprint density at radius 1 is 1.22 bits per heavy atom. The SMILES string of the molecule is O=C(NCC1(N2CCCCC2)CCOCC1)C1CC(F)(F)CN1. The number of likely N-dealkylation sites (tertiary alicyclic amines) is 1. The molecule has 0 aromatic rings. The number of rotatable bonds is 4. The fourth-order valence-electron chi connectivity index (χ4n) is 4.00. The van der Waals surface area contributed by atoms with Crippen molar-refractivity contribution in [2.24, 2.45) is 0 Å². The van der Waals surface area contributed by atoms with Gasteiger partial charge in [0.2, 0.25) is 5.91 Å². The van der Waals surface area contributed by atoms with E-state index in [0.717, 1.165) is 25.9 Å². The van der Waals surface area contributed by atoms with Crippen LogP contribution in [0.4, 0.5) is 8.78 Å². The van der Waals surface area contributed by atoms with Crippen LogP contribution in [0, 0.1) is 0 Å². The van der Waals surface area contributed by atoms with Crippen molar-refractivity contribution in [2.75, 3.05) is 39.4 Å². The lowest BCUT2D eigenvalue weighted by Gasteiger charge is -2.48. The van der Waals surface area contributed by atoms with E-state index < -0.39 is 24.9 Å². The van der Waals surface area contributed by atoms with Crippen LogP contribution in [0.5, 0.6) is 0 Å². The molecule has 2 N–H and O–H groups in total. The largest absolute Gasteiger partial charge is 0.381 e. The Balaban J connectivity index is 1.59. The van der Waals surface area contributed by atoms with Gasteiger partial charge in [0.1, 0.15) is 0 Å². The monoisotopic (exact) mass is 331 g/mol. The summed E-state index contributed by atoms with van der Waals surface area (Å²) in [4.78, 5) is 14.7. The van der Waals surface area contributed by atoms with E-state index in [1.807, 2.05) is 0 Å². The summed E-state index contributed by atoms with van der Waals surface area (Å²) in [5, 5.41) is 5.56. The predicted molar refractivity (Wildman–Crippen MR) is 82.6 cm³/mol. The summed E-state index contributed by atoms with van der Waals surface area (Å²) in [5.41, 5.74) is -0.0740. The van der Waals surface area contributed by atoms with Crippen LogP contribution in [0.25, 0.3) is 0 Å². The standard InChI is InChI=1S/C16H27F2N3O2/c17-16(18)10-13(19-12-16)14(22)20-11-15(4-8-23-9-5-15)21-6-2-1-3-7-21/h13,19H,1-12H2,(H,20,22). The predicted octanol–water partition coefficient (Wildman–Crippen LogP) is 1.13. The second-order valence-electron chi connectivity index (χ2n) is 7.10. The van der Waals surface area contributed by atoms with Gasteiger partial charge in [0, 0.05) is 31.7 Å². The Kier molecular flexibility index (Phi) is 5.18. The van der Waals surface area contributed by atoms with Gasteiger partial charge in [-0.2, -0.15) is 0 Å². The fraction of sp³-hybridized carbons (Fsp3) is 0.938. The van der Waals surface area contributed by atoms with E-state index in [1.165, 1.54) is 19.3 Å². The number of nitrogens with zero attached hydrogens (tertiary/aromatic N) is 1. The highest BCUT2D eigenvalue weighted by molar-refractivity contribution is 5.82. The van der Waals surface area contributed by atoms with Crippen molar-refractivity contribution in [3.8, 4) is 0 Å². The zero-order valence-electron chi connectivity index (χ0n) is 13.6. The lowest BCUT2D eigenvalue weighted by atomic mass is 9.86. The molecule has 0 radical (unpaired) electrons. The molecule has 0 aromatic carbocycles. The molecule has 1 amide bonds. The minimum Gasteiger partial charge on any atom is -0.381 e. The van der Waals surface area contributed by atoms with Crippen molar-refractivity contribution in [1.29, 1.82) is 0 Å². The molecule has 7 heteroatoms. The normalized spacial score (nSPS) is 31.0. The highest BCUT2D eigenvalue weighted by Crippen LogP contribution is 2.31. The molecule has 3 heterocycles. The summed E-state index contributed by atoms with van der Waals surface area (Å²) in [7, 11) is 0. The average Bonchev–Trinajstić information content (AvgIpc) is 2.94. The quantitative estimate of drug-likeness (QED) is 0.811. The Morgan fingerprint density at radius 2 is 1.91 bits per heavy atom. The molecule has 3 aliphatic rings. The molecule has 3 rings (SSSR count). The van der Waals surface area contributed by atoms with Crippen molar-refractivity contribution < 1.29 is 18.3 Å². The summed E-state index contributed by atoms with van der Waals surface area (Å²) in [6, 6.07) is -0.775. The molecule has 0 aliphatic carbocycles. The number of alkyl halides is 2. The maximum Gasteiger partial charge on any atom is 0.262 e. The maximum atomic E-state index is 13.2. The van der Waals surface area contributed by atoms with Gasteiger partial charge < -0.3 is 10.1 Å². The van der Waals surface area contributed by atoms with E-state index in [1.54, 1.807) is 0 Å². The maximum absolute atomic E-state index is 13.2. The molecule has 0 aromatic heterocycles. The number of ether oxygens (including phenoxy) is 1. The topological polar surface area (TPSA) is 53.6 Å². The number of nitrogens with one attached hydrogen (secondary N) is 2. The molecule has 132 valence electrons. The van der Waals surface area contributed by atoms with Crippen LogP contribution in [0.2, 0.25) is 0 Å². The van der Waals surface area contributed by atoms with Crippen molar-refractivity contribution in [2.45, 2.75) is 56.0 Å². The Hall–Kier alpha value is -0.790. The lowest BCUT2D eigenvalue weighted by Crippen LogP contribution is -2.60. The van der Waals surface area contributed by atoms with Gasteiger partial charge in [0.15, 0.2) is 0 Å². The van der Waals surface area contributed by atoms with Gasteiger partial charge >= 0.3 is 0 Å². The van der Waals surface area contributed by atoms with Gasteiger partial charge in [0.05, 0.1) is 12.6 Å². The van der Waals surface area contributed by atoms with Crippen LogP contribution in [0.3, 0.4) is 0 Å². The number of piperidine rings is 1. The fourth-order valence-corrected chi connectivity index (χ4v) is 4.00. The molecule has 23 heavy (non-hydrogen) atoms. The molecular formula is C16H27F2N3O2. The minimum atomic E-state index is -2.77. The summed E-state index contributed by atoms with van der Waals surface area (Å²) < 4.78 is 32.0. The van der Waals surface area contributed by atoms with Crippen LogP contribution in [-0.4, -0.2) is 67.7 Å². The van der Waals surface area contributed by atoms with Crippen molar-refractivity contribution in [1.82, 2.24) is 15.5 Å². The Morgan fingerprint density at radius 3 is 2.52 bits per heavy atom. The first-order valence-electron chi connectivity index (χ1n) is 8.73. The van der Waals surface area contributed by atoms with Gasteiger partial charge in [-0.25, -0.2) is 8.78 Å². The smallest absolute Gasteiger partial charge is 0.262 e. The number of hydrogen-bond acceptors (Lipinski definition) is 4. The van der Waals surface area contributed by atoms with E-state index in [9.17, 15) is 13.6 Å². The first kappa shape index (κ1) is 17.0. The average molecular weight is 331 g/mol. The lowest BCUT2D eigenvalue weighted by molar-refractivity contribution is -0.125. The minimum absolute atomic E-state index is 0.0740. The zero-order chi connectivity index (χ0) is 16.3. The van der Waals surface area contributed by atoms with E-state index in [-0.39, 0.29) is 11.4 Å². The molecule has 0 bridgehead atoms. The van der Waals surface area contributed by atoms with Gasteiger partial charge in [0.25, 0.3) is 5.92 Å². The molecular weight excluding hydrogens is 304 g/mol. The highest BCUT2D eigenvalue weighted by atomic mass is 19.3. The van der Waals surface area contributed by atoms with Crippen LogP contribution in [0.1, 0.15) is 38.5 Å². The molecule has 3 saturated heterocycles. The van der Waals surface area contributed by atoms with Gasteiger partial charge in [-0.1, -0.05) is 6.42 Å². The third-order valence-electron chi connectivity index (χ3n) is 5.47. The van der Waals surface area contributed by atoms with Crippen LogP contribution >= 0.6 is 0 Å². The number of carbonyl (C=O) groups excluding carboxylic acids is 1. The van der Waals surface area contributed by atoms with E-state index in [4.69, 9.17) is 4.74 Å². The zero-order valence-corrected chi connectivity index (χ0v) is 13.6. The summed E-state index contributed by atoms with van der Waals surface area (Å²) in [6.45, 7) is 3.62. The molecule has 3 aliphatic heterocycles. The number of hydrogen-bond donors (Lipinski definition) is 2. The molecule has 0 saturated carbocycles. The van der Waals surface area contributed by atoms with Crippen molar-refractivity contribution >= 4 is 5.91 Å². The van der Waals surface area contributed by atoms with E-state index >= 15 is 0 Å². The number of carbonyl (C=O) groups is 1. The summed E-state index contributed by atoms with van der Waals surface area (Å²) in [6.07, 6.45) is 5.01. The third kappa shape index (κ3) is 4.00. The van der Waals surface area contributed by atoms with Gasteiger partial charge in [-0.3, -0.25) is 15.0 Å². The van der Waals surface area contributed by atoms with Crippen molar-refractivity contribution in [3.05, 3.63) is 0 Å². The summed E-state index contributed by atoms with van der Waals surface area (Å²) in [5.74, 6) is -3.07. The second kappa shape index (κ2) is 6.99. The first-order valence-corrected chi connectivity index (χ1v) is 8.73. The van der Waals surface area contributed by atoms with E-state index in [0.29, 0.717) is 19.8 Å². The third-order valence-corrected chi connectivity index (χ3v) is 5.47. The first-order chi connectivity index (χ1) is 11.0. The molecule has 0 spiro atoms. The van der Waals surface area contributed by atoms with Crippen LogP contribution in [-0.2, 0) is 9.53 Å². The van der Waals surface area contributed by atoms with Gasteiger partial charge in [-0.15, -0.1) is 0 Å². The Labute approximate surface area is 136 Å². The molecule has 5 nitrogen and oxygen atoms in total. The van der Waals surface area contributed by atoms with E-state index in [2.05, 4.69) is 15.5 Å². The molecule has 1 unspecified atom stereocenters. The highest BCUT2D eigenvalue weighted by Gasteiger charge is 2.44. The molecule has 3 fully saturated rings. The number of amides is 1.